The molecular formula is C15H20N4O2. The number of carbonyl (C=O) groups excluding carboxylic acids is 1. The van der Waals surface area contributed by atoms with Crippen molar-refractivity contribution in [3.05, 3.63) is 23.5 Å². The van der Waals surface area contributed by atoms with Crippen molar-refractivity contribution in [2.75, 3.05) is 18.6 Å². The van der Waals surface area contributed by atoms with E-state index in [2.05, 4.69) is 35.8 Å². The molecule has 0 aliphatic carbocycles. The Morgan fingerprint density at radius 3 is 2.90 bits per heavy atom. The minimum atomic E-state index is -0.383. The molecule has 6 heteroatoms. The molecule has 112 valence electrons. The summed E-state index contributed by atoms with van der Waals surface area (Å²) >= 11 is 0. The van der Waals surface area contributed by atoms with Crippen molar-refractivity contribution in [2.24, 2.45) is 0 Å². The number of rotatable bonds is 3. The highest BCUT2D eigenvalue weighted by molar-refractivity contribution is 5.91. The highest BCUT2D eigenvalue weighted by atomic mass is 16.5. The van der Waals surface area contributed by atoms with E-state index in [1.807, 2.05) is 10.6 Å². The van der Waals surface area contributed by atoms with Gasteiger partial charge >= 0.3 is 5.97 Å². The summed E-state index contributed by atoms with van der Waals surface area (Å²) in [6.45, 7) is 7.44. The molecule has 3 heterocycles. The van der Waals surface area contributed by atoms with Gasteiger partial charge in [0.05, 0.1) is 13.3 Å². The number of anilines is 1. The molecule has 0 unspecified atom stereocenters. The molecule has 0 radical (unpaired) electrons. The minimum Gasteiger partial charge on any atom is -0.464 e. The lowest BCUT2D eigenvalue weighted by Crippen LogP contribution is -2.43. The summed E-state index contributed by atoms with van der Waals surface area (Å²) in [5.41, 5.74) is 2.02. The van der Waals surface area contributed by atoms with Gasteiger partial charge in [-0.15, -0.1) is 0 Å². The molecule has 2 aromatic heterocycles. The van der Waals surface area contributed by atoms with E-state index < -0.39 is 0 Å². The second-order valence-corrected chi connectivity index (χ2v) is 5.92. The van der Waals surface area contributed by atoms with Crippen LogP contribution in [0.15, 0.2) is 12.3 Å². The first kappa shape index (κ1) is 13.9. The smallest absolute Gasteiger partial charge is 0.357 e. The van der Waals surface area contributed by atoms with Gasteiger partial charge in [0.25, 0.3) is 0 Å². The lowest BCUT2D eigenvalue weighted by molar-refractivity contribution is 0.0593. The predicted molar refractivity (Wildman–Crippen MR) is 79.7 cm³/mol. The zero-order valence-corrected chi connectivity index (χ0v) is 12.9. The van der Waals surface area contributed by atoms with Crippen molar-refractivity contribution in [1.82, 2.24) is 14.6 Å². The molecule has 3 rings (SSSR count). The van der Waals surface area contributed by atoms with E-state index in [1.54, 1.807) is 6.20 Å². The Labute approximate surface area is 123 Å². The fraction of sp³-hybridized carbons (Fsp3) is 0.533. The normalized spacial score (nSPS) is 14.6. The van der Waals surface area contributed by atoms with Crippen molar-refractivity contribution >= 4 is 17.4 Å². The maximum absolute atomic E-state index is 12.0. The molecule has 0 bridgehead atoms. The highest BCUT2D eigenvalue weighted by Crippen LogP contribution is 2.36. The van der Waals surface area contributed by atoms with Crippen molar-refractivity contribution in [3.63, 3.8) is 0 Å². The molecule has 0 aromatic carbocycles. The van der Waals surface area contributed by atoms with Crippen LogP contribution in [0.4, 0.5) is 5.82 Å². The van der Waals surface area contributed by atoms with Crippen molar-refractivity contribution in [2.45, 2.75) is 39.2 Å². The number of carbonyl (C=O) groups is 1. The zero-order chi connectivity index (χ0) is 15.2. The maximum Gasteiger partial charge on any atom is 0.357 e. The predicted octanol–water partition coefficient (Wildman–Crippen LogP) is 2.07. The van der Waals surface area contributed by atoms with Gasteiger partial charge in [0.15, 0.2) is 11.3 Å². The van der Waals surface area contributed by atoms with Crippen LogP contribution in [-0.2, 0) is 11.2 Å². The molecule has 1 aliphatic heterocycles. The van der Waals surface area contributed by atoms with Crippen LogP contribution >= 0.6 is 0 Å². The van der Waals surface area contributed by atoms with Crippen molar-refractivity contribution in [3.8, 4) is 0 Å². The zero-order valence-electron chi connectivity index (χ0n) is 12.9. The molecule has 0 saturated heterocycles. The maximum atomic E-state index is 12.0. The molecule has 2 aromatic rings. The number of hydrogen-bond donors (Lipinski definition) is 0. The Morgan fingerprint density at radius 1 is 1.48 bits per heavy atom. The number of ether oxygens (including phenoxy) is 1. The van der Waals surface area contributed by atoms with Crippen LogP contribution < -0.4 is 4.90 Å². The van der Waals surface area contributed by atoms with Crippen molar-refractivity contribution < 1.29 is 9.53 Å². The average molecular weight is 288 g/mol. The Kier molecular flexibility index (Phi) is 3.11. The highest BCUT2D eigenvalue weighted by Gasteiger charge is 2.36. The SMILES string of the molecule is CCC(C)(C)N1CCc2c(C(=O)OC)nc3ccnn3c21. The van der Waals surface area contributed by atoms with Crippen LogP contribution in [0.5, 0.6) is 0 Å². The molecule has 6 nitrogen and oxygen atoms in total. The van der Waals surface area contributed by atoms with Gasteiger partial charge in [0.2, 0.25) is 0 Å². The van der Waals surface area contributed by atoms with Gasteiger partial charge in [-0.25, -0.2) is 9.78 Å². The van der Waals surface area contributed by atoms with E-state index in [-0.39, 0.29) is 11.5 Å². The third-order valence-electron chi connectivity index (χ3n) is 4.42. The minimum absolute atomic E-state index is 0.00112. The topological polar surface area (TPSA) is 59.7 Å². The largest absolute Gasteiger partial charge is 0.464 e. The van der Waals surface area contributed by atoms with Gasteiger partial charge in [0.1, 0.15) is 5.82 Å². The van der Waals surface area contributed by atoms with E-state index >= 15 is 0 Å². The summed E-state index contributed by atoms with van der Waals surface area (Å²) in [5, 5.41) is 4.38. The Hall–Kier alpha value is -2.11. The lowest BCUT2D eigenvalue weighted by Gasteiger charge is -2.36. The van der Waals surface area contributed by atoms with Gasteiger partial charge in [0, 0.05) is 23.7 Å². The monoisotopic (exact) mass is 288 g/mol. The summed E-state index contributed by atoms with van der Waals surface area (Å²) in [5.74, 6) is 0.586. The molecule has 0 atom stereocenters. The molecule has 21 heavy (non-hydrogen) atoms. The lowest BCUT2D eigenvalue weighted by atomic mass is 10.00. The fourth-order valence-electron chi connectivity index (χ4n) is 2.84. The quantitative estimate of drug-likeness (QED) is 0.809. The average Bonchev–Trinajstić information content (AvgIpc) is 3.11. The first-order chi connectivity index (χ1) is 9.99. The number of esters is 1. The molecule has 0 N–H and O–H groups in total. The van der Waals surface area contributed by atoms with E-state index in [0.717, 1.165) is 30.8 Å². The second kappa shape index (κ2) is 4.72. The molecular weight excluding hydrogens is 268 g/mol. The summed E-state index contributed by atoms with van der Waals surface area (Å²) in [7, 11) is 1.39. The Bertz CT molecular complexity index is 705. The van der Waals surface area contributed by atoms with E-state index in [1.165, 1.54) is 7.11 Å². The standard InChI is InChI=1S/C15H20N4O2/c1-5-15(2,3)18-9-7-10-12(14(20)21-4)17-11-6-8-16-19(11)13(10)18/h6,8H,5,7,9H2,1-4H3. The van der Waals surface area contributed by atoms with Gasteiger partial charge in [-0.3, -0.25) is 0 Å². The van der Waals surface area contributed by atoms with Crippen LogP contribution in [0.3, 0.4) is 0 Å². The summed E-state index contributed by atoms with van der Waals surface area (Å²) in [6, 6.07) is 1.81. The van der Waals surface area contributed by atoms with E-state index in [9.17, 15) is 4.79 Å². The van der Waals surface area contributed by atoms with Crippen LogP contribution in [0.1, 0.15) is 43.2 Å². The number of aromatic nitrogens is 3. The summed E-state index contributed by atoms with van der Waals surface area (Å²) in [6.07, 6.45) is 3.50. The van der Waals surface area contributed by atoms with Crippen LogP contribution in [-0.4, -0.2) is 39.8 Å². The number of methoxy groups -OCH3 is 1. The molecule has 0 saturated carbocycles. The molecule has 0 spiro atoms. The molecule has 1 aliphatic rings. The first-order valence-corrected chi connectivity index (χ1v) is 7.22. The number of fused-ring (bicyclic) bond motifs is 3. The van der Waals surface area contributed by atoms with Gasteiger partial charge in [-0.1, -0.05) is 6.92 Å². The summed E-state index contributed by atoms with van der Waals surface area (Å²) < 4.78 is 6.71. The second-order valence-electron chi connectivity index (χ2n) is 5.92. The van der Waals surface area contributed by atoms with Gasteiger partial charge < -0.3 is 9.64 Å². The van der Waals surface area contributed by atoms with Gasteiger partial charge in [-0.05, 0) is 26.7 Å². The first-order valence-electron chi connectivity index (χ1n) is 7.22. The fourth-order valence-corrected chi connectivity index (χ4v) is 2.84. The Balaban J connectivity index is 2.27. The number of hydrogen-bond acceptors (Lipinski definition) is 5. The van der Waals surface area contributed by atoms with Crippen LogP contribution in [0, 0.1) is 0 Å². The number of nitrogens with zero attached hydrogens (tertiary/aromatic N) is 4. The molecule has 0 amide bonds. The Morgan fingerprint density at radius 2 is 2.24 bits per heavy atom. The third-order valence-corrected chi connectivity index (χ3v) is 4.42. The van der Waals surface area contributed by atoms with Crippen LogP contribution in [0.25, 0.3) is 5.65 Å². The van der Waals surface area contributed by atoms with Gasteiger partial charge in [-0.2, -0.15) is 9.61 Å². The van der Waals surface area contributed by atoms with Crippen LogP contribution in [0.2, 0.25) is 0 Å². The summed E-state index contributed by atoms with van der Waals surface area (Å²) in [4.78, 5) is 18.8. The molecule has 0 fully saturated rings. The van der Waals surface area contributed by atoms with E-state index in [0.29, 0.717) is 11.3 Å². The van der Waals surface area contributed by atoms with E-state index in [4.69, 9.17) is 4.74 Å². The third kappa shape index (κ3) is 1.97. The van der Waals surface area contributed by atoms with Crippen molar-refractivity contribution in [1.29, 1.82) is 0 Å².